The van der Waals surface area contributed by atoms with E-state index in [4.69, 9.17) is 5.73 Å². The van der Waals surface area contributed by atoms with Gasteiger partial charge in [0.2, 0.25) is 0 Å². The molecular formula is C15H23N3O3. The molecule has 0 aliphatic carbocycles. The number of hydrogen-bond acceptors (Lipinski definition) is 5. The van der Waals surface area contributed by atoms with Gasteiger partial charge in [-0.1, -0.05) is 6.07 Å². The Morgan fingerprint density at radius 3 is 2.43 bits per heavy atom. The fourth-order valence-corrected chi connectivity index (χ4v) is 2.76. The van der Waals surface area contributed by atoms with Crippen molar-refractivity contribution in [1.29, 1.82) is 0 Å². The number of nitrogen functional groups attached to an aromatic ring is 1. The number of carbonyl (C=O) groups is 1. The van der Waals surface area contributed by atoms with E-state index in [0.29, 0.717) is 31.0 Å². The molecule has 1 fully saturated rings. The van der Waals surface area contributed by atoms with E-state index in [-0.39, 0.29) is 5.56 Å². The molecule has 1 aromatic carbocycles. The van der Waals surface area contributed by atoms with Gasteiger partial charge < -0.3 is 20.8 Å². The van der Waals surface area contributed by atoms with Crippen LogP contribution in [0.25, 0.3) is 0 Å². The van der Waals surface area contributed by atoms with Crippen molar-refractivity contribution in [2.45, 2.75) is 19.4 Å². The van der Waals surface area contributed by atoms with Crippen LogP contribution >= 0.6 is 0 Å². The lowest BCUT2D eigenvalue weighted by Gasteiger charge is -2.39. The number of nitrogens with two attached hydrogens (primary N) is 1. The Morgan fingerprint density at radius 2 is 1.90 bits per heavy atom. The van der Waals surface area contributed by atoms with Gasteiger partial charge in [-0.2, -0.15) is 0 Å². The lowest BCUT2D eigenvalue weighted by atomic mass is 10.1. The normalized spacial score (nSPS) is 17.0. The molecule has 0 spiro atoms. The lowest BCUT2D eigenvalue weighted by molar-refractivity contribution is 0.0345. The minimum Gasteiger partial charge on any atom is -0.478 e. The topological polar surface area (TPSA) is 90.0 Å². The summed E-state index contributed by atoms with van der Waals surface area (Å²) in [5.74, 6) is -0.962. The average Bonchev–Trinajstić information content (AvgIpc) is 2.37. The number of aromatic carboxylic acids is 1. The standard InChI is InChI=1S/C15H23N3O3/c1-15(2,21)10-17-6-8-18(9-7-17)13-11(14(19)20)4-3-5-12(13)16/h3-5,21H,6-10,16H2,1-2H3,(H,19,20). The minimum atomic E-state index is -0.962. The van der Waals surface area contributed by atoms with Gasteiger partial charge in [0, 0.05) is 32.7 Å². The summed E-state index contributed by atoms with van der Waals surface area (Å²) in [5, 5.41) is 19.2. The third kappa shape index (κ3) is 3.86. The van der Waals surface area contributed by atoms with Crippen LogP contribution in [0.4, 0.5) is 11.4 Å². The third-order valence-electron chi connectivity index (χ3n) is 3.60. The van der Waals surface area contributed by atoms with Crippen LogP contribution in [0.5, 0.6) is 0 Å². The van der Waals surface area contributed by atoms with Gasteiger partial charge in [-0.25, -0.2) is 4.79 Å². The maximum Gasteiger partial charge on any atom is 0.337 e. The van der Waals surface area contributed by atoms with Crippen molar-refractivity contribution in [2.75, 3.05) is 43.4 Å². The molecular weight excluding hydrogens is 270 g/mol. The zero-order valence-electron chi connectivity index (χ0n) is 12.5. The molecule has 1 aromatic rings. The number of carboxylic acids is 1. The van der Waals surface area contributed by atoms with Crippen molar-refractivity contribution < 1.29 is 15.0 Å². The molecule has 0 bridgehead atoms. The van der Waals surface area contributed by atoms with E-state index in [0.717, 1.165) is 13.1 Å². The van der Waals surface area contributed by atoms with Gasteiger partial charge >= 0.3 is 5.97 Å². The van der Waals surface area contributed by atoms with E-state index in [9.17, 15) is 15.0 Å². The van der Waals surface area contributed by atoms with Crippen LogP contribution in [0.15, 0.2) is 18.2 Å². The fraction of sp³-hybridized carbons (Fsp3) is 0.533. The molecule has 0 unspecified atom stereocenters. The average molecular weight is 293 g/mol. The Labute approximate surface area is 124 Å². The summed E-state index contributed by atoms with van der Waals surface area (Å²) in [7, 11) is 0. The van der Waals surface area contributed by atoms with Crippen LogP contribution in [0.2, 0.25) is 0 Å². The molecule has 1 aliphatic heterocycles. The van der Waals surface area contributed by atoms with Crippen molar-refractivity contribution in [3.8, 4) is 0 Å². The van der Waals surface area contributed by atoms with Gasteiger partial charge in [0.25, 0.3) is 0 Å². The summed E-state index contributed by atoms with van der Waals surface area (Å²) in [6.45, 7) is 7.13. The summed E-state index contributed by atoms with van der Waals surface area (Å²) in [6, 6.07) is 4.97. The largest absolute Gasteiger partial charge is 0.478 e. The van der Waals surface area contributed by atoms with E-state index in [1.807, 2.05) is 4.90 Å². The highest BCUT2D eigenvalue weighted by Gasteiger charge is 2.25. The van der Waals surface area contributed by atoms with Crippen LogP contribution in [-0.2, 0) is 0 Å². The van der Waals surface area contributed by atoms with Crippen molar-refractivity contribution in [3.05, 3.63) is 23.8 Å². The first-order valence-electron chi connectivity index (χ1n) is 7.09. The van der Waals surface area contributed by atoms with Gasteiger partial charge in [-0.3, -0.25) is 4.90 Å². The first-order chi connectivity index (χ1) is 9.78. The number of rotatable bonds is 4. The molecule has 0 atom stereocenters. The highest BCUT2D eigenvalue weighted by Crippen LogP contribution is 2.29. The molecule has 4 N–H and O–H groups in total. The number of nitrogens with zero attached hydrogens (tertiary/aromatic N) is 2. The van der Waals surface area contributed by atoms with E-state index < -0.39 is 11.6 Å². The first kappa shape index (κ1) is 15.6. The second-order valence-corrected chi connectivity index (χ2v) is 6.12. The summed E-state index contributed by atoms with van der Waals surface area (Å²) < 4.78 is 0. The molecule has 6 heteroatoms. The van der Waals surface area contributed by atoms with E-state index in [1.165, 1.54) is 0 Å². The second-order valence-electron chi connectivity index (χ2n) is 6.12. The van der Waals surface area contributed by atoms with Crippen LogP contribution in [0.1, 0.15) is 24.2 Å². The van der Waals surface area contributed by atoms with E-state index >= 15 is 0 Å². The van der Waals surface area contributed by atoms with Gasteiger partial charge in [0.15, 0.2) is 0 Å². The molecule has 0 saturated carbocycles. The first-order valence-corrected chi connectivity index (χ1v) is 7.09. The van der Waals surface area contributed by atoms with Crippen molar-refractivity contribution in [2.24, 2.45) is 0 Å². The number of benzene rings is 1. The smallest absolute Gasteiger partial charge is 0.337 e. The number of anilines is 2. The van der Waals surface area contributed by atoms with E-state index in [1.54, 1.807) is 32.0 Å². The number of para-hydroxylation sites is 1. The molecule has 21 heavy (non-hydrogen) atoms. The lowest BCUT2D eigenvalue weighted by Crippen LogP contribution is -2.50. The monoisotopic (exact) mass is 293 g/mol. The molecule has 6 nitrogen and oxygen atoms in total. The third-order valence-corrected chi connectivity index (χ3v) is 3.60. The molecule has 0 radical (unpaired) electrons. The Morgan fingerprint density at radius 1 is 1.29 bits per heavy atom. The van der Waals surface area contributed by atoms with Gasteiger partial charge in [0.05, 0.1) is 22.5 Å². The Bertz CT molecular complexity index is 517. The minimum absolute atomic E-state index is 0.242. The Kier molecular flexibility index (Phi) is 4.39. The van der Waals surface area contributed by atoms with Crippen LogP contribution in [0, 0.1) is 0 Å². The summed E-state index contributed by atoms with van der Waals surface area (Å²) >= 11 is 0. The molecule has 1 saturated heterocycles. The quantitative estimate of drug-likeness (QED) is 0.713. The number of aliphatic hydroxyl groups is 1. The number of piperazine rings is 1. The van der Waals surface area contributed by atoms with Gasteiger partial charge in [0.1, 0.15) is 0 Å². The second kappa shape index (κ2) is 5.91. The molecule has 1 heterocycles. The van der Waals surface area contributed by atoms with Gasteiger partial charge in [-0.05, 0) is 26.0 Å². The fourth-order valence-electron chi connectivity index (χ4n) is 2.76. The van der Waals surface area contributed by atoms with Crippen LogP contribution in [-0.4, -0.2) is 59.4 Å². The Balaban J connectivity index is 2.11. The zero-order chi connectivity index (χ0) is 15.6. The number of β-amino-alcohol motifs (C(OH)–C–C–N with tert-alkyl or cyclic N) is 1. The number of carboxylic acid groups (broad SMARTS) is 1. The van der Waals surface area contributed by atoms with Crippen molar-refractivity contribution in [1.82, 2.24) is 4.90 Å². The molecule has 1 aliphatic rings. The van der Waals surface area contributed by atoms with E-state index in [2.05, 4.69) is 4.90 Å². The summed E-state index contributed by atoms with van der Waals surface area (Å²) in [5.41, 5.74) is 6.58. The molecule has 2 rings (SSSR count). The van der Waals surface area contributed by atoms with Crippen molar-refractivity contribution >= 4 is 17.3 Å². The Hall–Kier alpha value is -1.79. The summed E-state index contributed by atoms with van der Waals surface area (Å²) in [4.78, 5) is 15.5. The van der Waals surface area contributed by atoms with Crippen LogP contribution in [0.3, 0.4) is 0 Å². The maximum absolute atomic E-state index is 11.3. The van der Waals surface area contributed by atoms with Crippen molar-refractivity contribution in [3.63, 3.8) is 0 Å². The highest BCUT2D eigenvalue weighted by atomic mass is 16.4. The predicted molar refractivity (Wildman–Crippen MR) is 82.8 cm³/mol. The van der Waals surface area contributed by atoms with Crippen LogP contribution < -0.4 is 10.6 Å². The maximum atomic E-state index is 11.3. The molecule has 0 amide bonds. The number of hydrogen-bond donors (Lipinski definition) is 3. The molecule has 0 aromatic heterocycles. The zero-order valence-corrected chi connectivity index (χ0v) is 12.5. The predicted octanol–water partition coefficient (Wildman–Crippen LogP) is 0.860. The van der Waals surface area contributed by atoms with Gasteiger partial charge in [-0.15, -0.1) is 0 Å². The highest BCUT2D eigenvalue weighted by molar-refractivity contribution is 5.98. The molecule has 116 valence electrons. The summed E-state index contributed by atoms with van der Waals surface area (Å²) in [6.07, 6.45) is 0. The SMILES string of the molecule is CC(C)(O)CN1CCN(c2c(N)cccc2C(=O)O)CC1.